The first kappa shape index (κ1) is 20.0. The molecule has 2 aromatic carbocycles. The Balaban J connectivity index is 1.66. The highest BCUT2D eigenvalue weighted by atomic mass is 35.5. The first-order valence-corrected chi connectivity index (χ1v) is 9.52. The SMILES string of the molecule is COc1cc2c(Nc3cccc(Cl)c3F)ncnc2cc1O[C@@H]1CCN(C(=O)O)C1. The maximum absolute atomic E-state index is 14.3. The third-order valence-electron chi connectivity index (χ3n) is 4.83. The van der Waals surface area contributed by atoms with Gasteiger partial charge < -0.3 is 24.8 Å². The number of nitrogens with zero attached hydrogens (tertiary/aromatic N) is 3. The van der Waals surface area contributed by atoms with E-state index in [-0.39, 0.29) is 23.4 Å². The first-order chi connectivity index (χ1) is 14.5. The van der Waals surface area contributed by atoms with Crippen LogP contribution in [0.1, 0.15) is 6.42 Å². The molecule has 1 amide bonds. The van der Waals surface area contributed by atoms with Crippen molar-refractivity contribution in [1.82, 2.24) is 14.9 Å². The molecule has 10 heteroatoms. The molecule has 2 N–H and O–H groups in total. The Morgan fingerprint density at radius 3 is 2.90 bits per heavy atom. The third-order valence-corrected chi connectivity index (χ3v) is 5.13. The second kappa shape index (κ2) is 8.19. The molecule has 1 fully saturated rings. The van der Waals surface area contributed by atoms with Crippen LogP contribution in [0.5, 0.6) is 11.5 Å². The van der Waals surface area contributed by atoms with Gasteiger partial charge in [0.2, 0.25) is 0 Å². The number of halogens is 2. The summed E-state index contributed by atoms with van der Waals surface area (Å²) in [5.41, 5.74) is 0.736. The lowest BCUT2D eigenvalue weighted by Crippen LogP contribution is -2.29. The zero-order valence-electron chi connectivity index (χ0n) is 15.9. The third kappa shape index (κ3) is 3.88. The molecular formula is C20H18ClFN4O4. The van der Waals surface area contributed by atoms with Crippen LogP contribution in [-0.4, -0.2) is 52.4 Å². The molecular weight excluding hydrogens is 415 g/mol. The predicted molar refractivity (Wildman–Crippen MR) is 109 cm³/mol. The van der Waals surface area contributed by atoms with Gasteiger partial charge in [0.1, 0.15) is 18.2 Å². The number of ether oxygens (including phenoxy) is 2. The van der Waals surface area contributed by atoms with Crippen molar-refractivity contribution >= 4 is 40.1 Å². The topological polar surface area (TPSA) is 96.8 Å². The number of carbonyl (C=O) groups is 1. The van der Waals surface area contributed by atoms with Gasteiger partial charge in [-0.3, -0.25) is 0 Å². The van der Waals surface area contributed by atoms with Crippen molar-refractivity contribution in [2.45, 2.75) is 12.5 Å². The summed E-state index contributed by atoms with van der Waals surface area (Å²) in [7, 11) is 1.50. The number of hydrogen-bond acceptors (Lipinski definition) is 6. The van der Waals surface area contributed by atoms with Crippen LogP contribution >= 0.6 is 11.6 Å². The van der Waals surface area contributed by atoms with E-state index >= 15 is 0 Å². The minimum absolute atomic E-state index is 0.00130. The van der Waals surface area contributed by atoms with Crippen molar-refractivity contribution in [1.29, 1.82) is 0 Å². The van der Waals surface area contributed by atoms with E-state index < -0.39 is 11.9 Å². The Hall–Kier alpha value is -3.33. The number of methoxy groups -OCH3 is 1. The number of nitrogens with one attached hydrogen (secondary N) is 1. The summed E-state index contributed by atoms with van der Waals surface area (Å²) in [5.74, 6) is 0.674. The molecule has 2 heterocycles. The lowest BCUT2D eigenvalue weighted by atomic mass is 10.2. The van der Waals surface area contributed by atoms with Crippen LogP contribution in [0, 0.1) is 5.82 Å². The minimum atomic E-state index is -0.969. The van der Waals surface area contributed by atoms with E-state index in [2.05, 4.69) is 15.3 Å². The van der Waals surface area contributed by atoms with E-state index in [0.29, 0.717) is 41.2 Å². The highest BCUT2D eigenvalue weighted by Crippen LogP contribution is 2.36. The number of amides is 1. The smallest absolute Gasteiger partial charge is 0.407 e. The fraction of sp³-hybridized carbons (Fsp3) is 0.250. The molecule has 4 rings (SSSR count). The average Bonchev–Trinajstić information content (AvgIpc) is 3.20. The van der Waals surface area contributed by atoms with E-state index in [1.165, 1.54) is 24.4 Å². The van der Waals surface area contributed by atoms with Gasteiger partial charge in [-0.25, -0.2) is 19.2 Å². The number of anilines is 2. The maximum atomic E-state index is 14.3. The fourth-order valence-corrected chi connectivity index (χ4v) is 3.50. The molecule has 0 aliphatic carbocycles. The molecule has 1 saturated heterocycles. The molecule has 3 aromatic rings. The van der Waals surface area contributed by atoms with E-state index in [9.17, 15) is 9.18 Å². The second-order valence-corrected chi connectivity index (χ2v) is 7.13. The van der Waals surface area contributed by atoms with Crippen molar-refractivity contribution in [2.24, 2.45) is 0 Å². The van der Waals surface area contributed by atoms with Crippen molar-refractivity contribution in [3.05, 3.63) is 47.5 Å². The van der Waals surface area contributed by atoms with E-state index in [0.717, 1.165) is 0 Å². The Morgan fingerprint density at radius 2 is 2.17 bits per heavy atom. The van der Waals surface area contributed by atoms with Gasteiger partial charge in [0.25, 0.3) is 0 Å². The van der Waals surface area contributed by atoms with Crippen LogP contribution in [0.15, 0.2) is 36.7 Å². The summed E-state index contributed by atoms with van der Waals surface area (Å²) in [4.78, 5) is 20.9. The molecule has 156 valence electrons. The largest absolute Gasteiger partial charge is 0.493 e. The van der Waals surface area contributed by atoms with Gasteiger partial charge in [-0.2, -0.15) is 0 Å². The Morgan fingerprint density at radius 1 is 1.33 bits per heavy atom. The van der Waals surface area contributed by atoms with Crippen LogP contribution < -0.4 is 14.8 Å². The average molecular weight is 433 g/mol. The molecule has 1 aliphatic heterocycles. The second-order valence-electron chi connectivity index (χ2n) is 6.73. The number of fused-ring (bicyclic) bond motifs is 1. The number of likely N-dealkylation sites (tertiary alicyclic amines) is 1. The zero-order valence-corrected chi connectivity index (χ0v) is 16.7. The summed E-state index contributed by atoms with van der Waals surface area (Å²) in [6, 6.07) is 8.03. The van der Waals surface area contributed by atoms with Crippen molar-refractivity contribution in [2.75, 3.05) is 25.5 Å². The molecule has 8 nitrogen and oxygen atoms in total. The highest BCUT2D eigenvalue weighted by Gasteiger charge is 2.28. The van der Waals surface area contributed by atoms with Crippen molar-refractivity contribution in [3.8, 4) is 11.5 Å². The van der Waals surface area contributed by atoms with Gasteiger partial charge in [0.05, 0.1) is 29.9 Å². The van der Waals surface area contributed by atoms with Gasteiger partial charge in [0.15, 0.2) is 17.3 Å². The van der Waals surface area contributed by atoms with E-state index in [1.807, 2.05) is 0 Å². The van der Waals surface area contributed by atoms with Crippen LogP contribution in [0.3, 0.4) is 0 Å². The standard InChI is InChI=1S/C20H18ClFN4O4/c1-29-16-7-12-15(8-17(16)30-11-5-6-26(9-11)20(27)28)23-10-24-19(12)25-14-4-2-3-13(21)18(14)22/h2-4,7-8,10-11H,5-6,9H2,1H3,(H,27,28)(H,23,24,25)/t11-/m1/s1. The number of aromatic nitrogens is 2. The van der Waals surface area contributed by atoms with Crippen molar-refractivity contribution in [3.63, 3.8) is 0 Å². The van der Waals surface area contributed by atoms with E-state index in [1.54, 1.807) is 24.3 Å². The molecule has 0 saturated carbocycles. The van der Waals surface area contributed by atoms with Crippen LogP contribution in [-0.2, 0) is 0 Å². The lowest BCUT2D eigenvalue weighted by molar-refractivity contribution is 0.145. The normalized spacial score (nSPS) is 16.0. The summed E-state index contributed by atoms with van der Waals surface area (Å²) >= 11 is 5.85. The first-order valence-electron chi connectivity index (χ1n) is 9.14. The van der Waals surface area contributed by atoms with Gasteiger partial charge >= 0.3 is 6.09 Å². The molecule has 1 atom stereocenters. The summed E-state index contributed by atoms with van der Waals surface area (Å²) < 4.78 is 25.7. The molecule has 0 unspecified atom stereocenters. The molecule has 30 heavy (non-hydrogen) atoms. The van der Waals surface area contributed by atoms with Crippen LogP contribution in [0.4, 0.5) is 20.7 Å². The van der Waals surface area contributed by atoms with E-state index in [4.69, 9.17) is 26.2 Å². The van der Waals surface area contributed by atoms with Crippen LogP contribution in [0.2, 0.25) is 5.02 Å². The molecule has 0 spiro atoms. The number of benzene rings is 2. The number of hydrogen-bond donors (Lipinski definition) is 2. The Kier molecular flexibility index (Phi) is 5.45. The minimum Gasteiger partial charge on any atom is -0.493 e. The zero-order chi connectivity index (χ0) is 21.3. The van der Waals surface area contributed by atoms with Crippen LogP contribution in [0.25, 0.3) is 10.9 Å². The van der Waals surface area contributed by atoms with Gasteiger partial charge in [-0.1, -0.05) is 17.7 Å². The maximum Gasteiger partial charge on any atom is 0.407 e. The Bertz CT molecular complexity index is 1110. The van der Waals surface area contributed by atoms with Gasteiger partial charge in [0, 0.05) is 24.4 Å². The summed E-state index contributed by atoms with van der Waals surface area (Å²) in [6.45, 7) is 0.693. The predicted octanol–water partition coefficient (Wildman–Crippen LogP) is 4.31. The van der Waals surface area contributed by atoms with Gasteiger partial charge in [-0.05, 0) is 18.2 Å². The van der Waals surface area contributed by atoms with Gasteiger partial charge in [-0.15, -0.1) is 0 Å². The quantitative estimate of drug-likeness (QED) is 0.620. The molecule has 1 aromatic heterocycles. The monoisotopic (exact) mass is 432 g/mol. The Labute approximate surface area is 176 Å². The number of rotatable bonds is 5. The lowest BCUT2D eigenvalue weighted by Gasteiger charge is -2.18. The number of carboxylic acid groups (broad SMARTS) is 1. The molecule has 0 radical (unpaired) electrons. The summed E-state index contributed by atoms with van der Waals surface area (Å²) in [5, 5.41) is 12.6. The fourth-order valence-electron chi connectivity index (χ4n) is 3.32. The molecule has 0 bridgehead atoms. The summed E-state index contributed by atoms with van der Waals surface area (Å²) in [6.07, 6.45) is 0.680. The molecule has 1 aliphatic rings. The van der Waals surface area contributed by atoms with Crippen molar-refractivity contribution < 1.29 is 23.8 Å². The highest BCUT2D eigenvalue weighted by molar-refractivity contribution is 6.31.